The molecule has 5 heterocycles. The molecule has 2 spiro atoms. The number of fused-ring (bicyclic) bond motifs is 1. The SMILES string of the molecule is CC(=O)OC1C(=O)[C@]2(C)[C@@H](CC[C@@]3(C)[C@H](c4ccoc4)OC(=O)[C@H]4O[C@]432)[C@@]23COC(=O)C[C@@H]2OC(C)(C)C13. The second-order valence-corrected chi connectivity index (χ2v) is 12.9. The van der Waals surface area contributed by atoms with Gasteiger partial charge in [-0.15, -0.1) is 0 Å². The largest absolute Gasteiger partial charge is 0.472 e. The van der Waals surface area contributed by atoms with E-state index in [0.29, 0.717) is 18.4 Å². The van der Waals surface area contributed by atoms with Gasteiger partial charge in [-0.3, -0.25) is 14.4 Å². The molecular weight excluding hydrogens is 496 g/mol. The molecule has 1 aromatic rings. The Morgan fingerprint density at radius 1 is 1.08 bits per heavy atom. The van der Waals surface area contributed by atoms with Crippen molar-refractivity contribution in [1.82, 2.24) is 0 Å². The van der Waals surface area contributed by atoms with Gasteiger partial charge in [-0.05, 0) is 45.6 Å². The monoisotopic (exact) mass is 528 g/mol. The average molecular weight is 529 g/mol. The summed E-state index contributed by atoms with van der Waals surface area (Å²) in [6.45, 7) is 8.93. The summed E-state index contributed by atoms with van der Waals surface area (Å²) in [4.78, 5) is 53.0. The van der Waals surface area contributed by atoms with Crippen molar-refractivity contribution in [2.75, 3.05) is 6.61 Å². The van der Waals surface area contributed by atoms with Crippen molar-refractivity contribution in [2.24, 2.45) is 28.1 Å². The molecule has 1 aromatic heterocycles. The van der Waals surface area contributed by atoms with E-state index in [9.17, 15) is 19.2 Å². The highest BCUT2D eigenvalue weighted by molar-refractivity contribution is 5.97. The van der Waals surface area contributed by atoms with Crippen molar-refractivity contribution in [3.63, 3.8) is 0 Å². The molecule has 2 saturated carbocycles. The number of cyclic esters (lactones) is 2. The Morgan fingerprint density at radius 3 is 2.53 bits per heavy atom. The first-order valence-electron chi connectivity index (χ1n) is 13.3. The molecule has 0 radical (unpaired) electrons. The lowest BCUT2D eigenvalue weighted by atomic mass is 9.36. The number of Topliss-reactive ketones (excluding diaryl/α,β-unsaturated/α-hetero) is 1. The molecule has 10 nitrogen and oxygen atoms in total. The molecule has 2 unspecified atom stereocenters. The Morgan fingerprint density at radius 2 is 1.84 bits per heavy atom. The second kappa shape index (κ2) is 7.07. The van der Waals surface area contributed by atoms with Crippen LogP contribution in [0.5, 0.6) is 0 Å². The van der Waals surface area contributed by atoms with Crippen LogP contribution < -0.4 is 0 Å². The van der Waals surface area contributed by atoms with Gasteiger partial charge in [-0.1, -0.05) is 6.92 Å². The maximum Gasteiger partial charge on any atom is 0.339 e. The summed E-state index contributed by atoms with van der Waals surface area (Å²) < 4.78 is 35.7. The van der Waals surface area contributed by atoms with Gasteiger partial charge in [0.2, 0.25) is 0 Å². The molecule has 10 atom stereocenters. The van der Waals surface area contributed by atoms with Crippen molar-refractivity contribution in [2.45, 2.75) is 89.5 Å². The predicted octanol–water partition coefficient (Wildman–Crippen LogP) is 2.68. The standard InChI is InChI=1S/C28H32O10/c1-13(29)35-18-19-24(2,3)37-16-10-17(30)34-12-27(16,19)15-6-8-25(4)21(14-7-9-33-11-14)36-23(32)22-28(25,38-22)26(15,5)20(18)31/h7,9,11,15-16,18-19,21-22H,6,8,10,12H2,1-5H3/t15-,16+,18?,19?,21+,22-,25+,26+,27+,28-/m1/s1. The molecule has 0 N–H and O–H groups in total. The van der Waals surface area contributed by atoms with E-state index in [1.807, 2.05) is 27.7 Å². The molecule has 7 rings (SSSR count). The number of carbonyl (C=O) groups excluding carboxylic acids is 4. The van der Waals surface area contributed by atoms with Crippen molar-refractivity contribution >= 4 is 23.7 Å². The van der Waals surface area contributed by atoms with E-state index in [1.165, 1.54) is 13.2 Å². The molecule has 0 aromatic carbocycles. The van der Waals surface area contributed by atoms with Crippen LogP contribution in [0.4, 0.5) is 0 Å². The maximum absolute atomic E-state index is 14.8. The lowest BCUT2D eigenvalue weighted by Crippen LogP contribution is -2.76. The third-order valence-corrected chi connectivity index (χ3v) is 11.0. The highest BCUT2D eigenvalue weighted by Crippen LogP contribution is 2.79. The molecule has 4 aliphatic heterocycles. The number of carbonyl (C=O) groups is 4. The second-order valence-electron chi connectivity index (χ2n) is 12.9. The van der Waals surface area contributed by atoms with Crippen molar-refractivity contribution in [3.8, 4) is 0 Å². The van der Waals surface area contributed by atoms with Gasteiger partial charge in [0.1, 0.15) is 18.3 Å². The predicted molar refractivity (Wildman–Crippen MR) is 125 cm³/mol. The summed E-state index contributed by atoms with van der Waals surface area (Å²) in [5, 5.41) is 0. The number of furan rings is 1. The lowest BCUT2D eigenvalue weighted by Gasteiger charge is -2.65. The van der Waals surface area contributed by atoms with E-state index in [-0.39, 0.29) is 30.7 Å². The molecule has 4 saturated heterocycles. The van der Waals surface area contributed by atoms with Crippen LogP contribution in [0, 0.1) is 28.1 Å². The van der Waals surface area contributed by atoms with Crippen molar-refractivity contribution < 1.29 is 47.3 Å². The van der Waals surface area contributed by atoms with E-state index in [2.05, 4.69) is 0 Å². The van der Waals surface area contributed by atoms with Gasteiger partial charge in [0.25, 0.3) is 0 Å². The van der Waals surface area contributed by atoms with Crippen LogP contribution in [0.1, 0.15) is 65.5 Å². The normalized spacial score (nSPS) is 49.9. The summed E-state index contributed by atoms with van der Waals surface area (Å²) in [6.07, 6.45) is 0.994. The van der Waals surface area contributed by atoms with Crippen LogP contribution in [0.15, 0.2) is 23.0 Å². The third kappa shape index (κ3) is 2.48. The van der Waals surface area contributed by atoms with E-state index in [1.54, 1.807) is 12.3 Å². The minimum Gasteiger partial charge on any atom is -0.472 e. The zero-order valence-corrected chi connectivity index (χ0v) is 22.1. The Kier molecular flexibility index (Phi) is 4.53. The molecule has 6 fully saturated rings. The summed E-state index contributed by atoms with van der Waals surface area (Å²) in [5.74, 6) is -2.65. The van der Waals surface area contributed by atoms with E-state index >= 15 is 0 Å². The molecule has 38 heavy (non-hydrogen) atoms. The zero-order chi connectivity index (χ0) is 27.0. The van der Waals surface area contributed by atoms with E-state index in [4.69, 9.17) is 28.1 Å². The fourth-order valence-corrected chi connectivity index (χ4v) is 9.78. The first-order valence-corrected chi connectivity index (χ1v) is 13.3. The number of hydrogen-bond donors (Lipinski definition) is 0. The number of ketones is 1. The number of epoxide rings is 1. The smallest absolute Gasteiger partial charge is 0.339 e. The van der Waals surface area contributed by atoms with Crippen LogP contribution in [-0.2, 0) is 42.9 Å². The molecule has 0 bridgehead atoms. The first-order chi connectivity index (χ1) is 17.8. The van der Waals surface area contributed by atoms with Gasteiger partial charge < -0.3 is 28.1 Å². The van der Waals surface area contributed by atoms with Crippen LogP contribution >= 0.6 is 0 Å². The summed E-state index contributed by atoms with van der Waals surface area (Å²) in [7, 11) is 0. The van der Waals surface area contributed by atoms with Crippen molar-refractivity contribution in [1.29, 1.82) is 0 Å². The molecule has 6 aliphatic rings. The van der Waals surface area contributed by atoms with Crippen LogP contribution in [0.25, 0.3) is 0 Å². The number of rotatable bonds is 2. The maximum atomic E-state index is 14.8. The molecule has 204 valence electrons. The van der Waals surface area contributed by atoms with Gasteiger partial charge in [0.15, 0.2) is 18.0 Å². The van der Waals surface area contributed by atoms with Crippen LogP contribution in [-0.4, -0.2) is 59.8 Å². The lowest BCUT2D eigenvalue weighted by molar-refractivity contribution is -0.240. The Bertz CT molecular complexity index is 1270. The van der Waals surface area contributed by atoms with E-state index in [0.717, 1.165) is 0 Å². The molecule has 0 amide bonds. The molecule has 10 heteroatoms. The first kappa shape index (κ1) is 24.3. The minimum atomic E-state index is -1.26. The van der Waals surface area contributed by atoms with Gasteiger partial charge in [0.05, 0.1) is 36.1 Å². The quantitative estimate of drug-likeness (QED) is 0.321. The Hall–Kier alpha value is -2.72. The fraction of sp³-hybridized carbons (Fsp3) is 0.714. The van der Waals surface area contributed by atoms with Gasteiger partial charge in [-0.2, -0.15) is 0 Å². The summed E-state index contributed by atoms with van der Waals surface area (Å²) >= 11 is 0. The fourth-order valence-electron chi connectivity index (χ4n) is 9.78. The minimum absolute atomic E-state index is 0.0434. The number of hydrogen-bond acceptors (Lipinski definition) is 10. The molecule has 2 aliphatic carbocycles. The van der Waals surface area contributed by atoms with Gasteiger partial charge in [0, 0.05) is 29.2 Å². The summed E-state index contributed by atoms with van der Waals surface area (Å²) in [6, 6.07) is 1.76. The summed E-state index contributed by atoms with van der Waals surface area (Å²) in [5.41, 5.74) is -4.21. The van der Waals surface area contributed by atoms with Crippen LogP contribution in [0.2, 0.25) is 0 Å². The average Bonchev–Trinajstić information content (AvgIpc) is 3.31. The highest BCUT2D eigenvalue weighted by Gasteiger charge is 2.91. The van der Waals surface area contributed by atoms with Gasteiger partial charge in [-0.25, -0.2) is 4.79 Å². The third-order valence-electron chi connectivity index (χ3n) is 11.0. The molecular formula is C28H32O10. The topological polar surface area (TPSA) is 131 Å². The van der Waals surface area contributed by atoms with Gasteiger partial charge >= 0.3 is 17.9 Å². The van der Waals surface area contributed by atoms with Crippen LogP contribution in [0.3, 0.4) is 0 Å². The zero-order valence-electron chi connectivity index (χ0n) is 22.1. The Balaban J connectivity index is 1.45. The Labute approximate surface area is 219 Å². The van der Waals surface area contributed by atoms with Crippen molar-refractivity contribution in [3.05, 3.63) is 24.2 Å². The highest BCUT2D eigenvalue weighted by atomic mass is 16.7. The number of esters is 3. The van der Waals surface area contributed by atoms with E-state index < -0.39 is 69.7 Å². The number of ether oxygens (including phenoxy) is 5.